The van der Waals surface area contributed by atoms with Crippen molar-refractivity contribution in [1.82, 2.24) is 15.0 Å². The Labute approximate surface area is 97.2 Å². The summed E-state index contributed by atoms with van der Waals surface area (Å²) < 4.78 is 1.31. The fourth-order valence-electron chi connectivity index (χ4n) is 2.23. The smallest absolute Gasteiger partial charge is 0.273 e. The molecule has 8 heteroatoms. The number of carbonyl (C=O) groups is 1. The second-order valence-corrected chi connectivity index (χ2v) is 4.29. The minimum atomic E-state index is -0.750. The molecule has 1 aromatic rings. The summed E-state index contributed by atoms with van der Waals surface area (Å²) in [6.07, 6.45) is 0.368. The number of nitrogen functional groups attached to an aromatic ring is 1. The van der Waals surface area contributed by atoms with Gasteiger partial charge in [0.15, 0.2) is 11.5 Å². The third kappa shape index (κ3) is 1.96. The number of carbonyl (C=O) groups excluding carboxylic acids is 1. The van der Waals surface area contributed by atoms with Gasteiger partial charge in [-0.3, -0.25) is 4.79 Å². The van der Waals surface area contributed by atoms with Crippen LogP contribution in [0.2, 0.25) is 0 Å². The van der Waals surface area contributed by atoms with Crippen molar-refractivity contribution >= 4 is 11.7 Å². The van der Waals surface area contributed by atoms with E-state index in [1.807, 2.05) is 0 Å². The molecule has 0 saturated heterocycles. The maximum Gasteiger partial charge on any atom is 0.273 e. The summed E-state index contributed by atoms with van der Waals surface area (Å²) >= 11 is 0. The SMILES string of the molecule is NC(=O)c1nnn(C2CC(CO)CC2O)c1N. The number of hydrogen-bond acceptors (Lipinski definition) is 6. The van der Waals surface area contributed by atoms with Gasteiger partial charge in [0.25, 0.3) is 5.91 Å². The molecule has 1 aromatic heterocycles. The molecule has 1 fully saturated rings. The lowest BCUT2D eigenvalue weighted by molar-refractivity contribution is 0.0996. The van der Waals surface area contributed by atoms with E-state index in [2.05, 4.69) is 10.3 Å². The Bertz CT molecular complexity index is 432. The van der Waals surface area contributed by atoms with Gasteiger partial charge in [0.1, 0.15) is 0 Å². The van der Waals surface area contributed by atoms with E-state index in [0.29, 0.717) is 12.8 Å². The van der Waals surface area contributed by atoms with Gasteiger partial charge in [-0.15, -0.1) is 5.10 Å². The summed E-state index contributed by atoms with van der Waals surface area (Å²) in [5, 5.41) is 26.2. The highest BCUT2D eigenvalue weighted by atomic mass is 16.3. The summed E-state index contributed by atoms with van der Waals surface area (Å²) in [4.78, 5) is 11.0. The lowest BCUT2D eigenvalue weighted by atomic mass is 10.1. The number of rotatable bonds is 3. The van der Waals surface area contributed by atoms with Crippen molar-refractivity contribution in [1.29, 1.82) is 0 Å². The largest absolute Gasteiger partial charge is 0.396 e. The maximum atomic E-state index is 11.0. The second kappa shape index (κ2) is 4.30. The molecule has 0 bridgehead atoms. The Morgan fingerprint density at radius 2 is 2.24 bits per heavy atom. The first-order valence-electron chi connectivity index (χ1n) is 5.34. The molecule has 1 aliphatic rings. The Morgan fingerprint density at radius 3 is 2.71 bits per heavy atom. The topological polar surface area (TPSA) is 140 Å². The van der Waals surface area contributed by atoms with E-state index in [1.54, 1.807) is 0 Å². The van der Waals surface area contributed by atoms with Crippen LogP contribution in [0.15, 0.2) is 0 Å². The average Bonchev–Trinajstić information content (AvgIpc) is 2.81. The number of aliphatic hydroxyl groups excluding tert-OH is 2. The molecule has 1 saturated carbocycles. The molecule has 0 aromatic carbocycles. The Morgan fingerprint density at radius 1 is 1.53 bits per heavy atom. The molecule has 3 unspecified atom stereocenters. The molecule has 8 nitrogen and oxygen atoms in total. The zero-order valence-electron chi connectivity index (χ0n) is 9.15. The minimum Gasteiger partial charge on any atom is -0.396 e. The van der Waals surface area contributed by atoms with Gasteiger partial charge in [0.05, 0.1) is 12.1 Å². The first-order chi connectivity index (χ1) is 8.04. The summed E-state index contributed by atoms with van der Waals surface area (Å²) in [5.74, 6) is -0.685. The molecular formula is C9H15N5O3. The molecule has 17 heavy (non-hydrogen) atoms. The van der Waals surface area contributed by atoms with E-state index in [0.717, 1.165) is 0 Å². The number of amides is 1. The Kier molecular flexibility index (Phi) is 2.99. The number of hydrogen-bond donors (Lipinski definition) is 4. The van der Waals surface area contributed by atoms with Crippen LogP contribution in [-0.4, -0.2) is 43.8 Å². The van der Waals surface area contributed by atoms with Crippen molar-refractivity contribution in [2.45, 2.75) is 25.0 Å². The van der Waals surface area contributed by atoms with Gasteiger partial charge < -0.3 is 21.7 Å². The van der Waals surface area contributed by atoms with Gasteiger partial charge in [-0.05, 0) is 18.8 Å². The molecule has 1 amide bonds. The van der Waals surface area contributed by atoms with Gasteiger partial charge in [-0.25, -0.2) is 4.68 Å². The van der Waals surface area contributed by atoms with Crippen LogP contribution in [0.25, 0.3) is 0 Å². The zero-order valence-corrected chi connectivity index (χ0v) is 9.15. The minimum absolute atomic E-state index is 0.00480. The van der Waals surface area contributed by atoms with Crippen LogP contribution >= 0.6 is 0 Å². The van der Waals surface area contributed by atoms with Crippen LogP contribution in [0.5, 0.6) is 0 Å². The van der Waals surface area contributed by atoms with Gasteiger partial charge in [-0.1, -0.05) is 5.21 Å². The maximum absolute atomic E-state index is 11.0. The third-order valence-corrected chi connectivity index (χ3v) is 3.13. The van der Waals surface area contributed by atoms with Crippen molar-refractivity contribution in [2.24, 2.45) is 11.7 Å². The first kappa shape index (κ1) is 11.8. The number of nitrogens with two attached hydrogens (primary N) is 2. The van der Waals surface area contributed by atoms with Gasteiger partial charge in [0.2, 0.25) is 0 Å². The Hall–Kier alpha value is -1.67. The van der Waals surface area contributed by atoms with Crippen molar-refractivity contribution in [3.63, 3.8) is 0 Å². The van der Waals surface area contributed by atoms with Crippen LogP contribution in [0.3, 0.4) is 0 Å². The van der Waals surface area contributed by atoms with E-state index in [4.69, 9.17) is 16.6 Å². The summed E-state index contributed by atoms with van der Waals surface area (Å²) in [5.41, 5.74) is 10.7. The highest BCUT2D eigenvalue weighted by Gasteiger charge is 2.36. The number of nitrogens with zero attached hydrogens (tertiary/aromatic N) is 3. The molecule has 0 aliphatic heterocycles. The lowest BCUT2D eigenvalue weighted by Gasteiger charge is -2.15. The van der Waals surface area contributed by atoms with Gasteiger partial charge in [0, 0.05) is 6.61 Å². The van der Waals surface area contributed by atoms with E-state index in [1.165, 1.54) is 4.68 Å². The van der Waals surface area contributed by atoms with Gasteiger partial charge >= 0.3 is 0 Å². The van der Waals surface area contributed by atoms with Crippen molar-refractivity contribution in [2.75, 3.05) is 12.3 Å². The van der Waals surface area contributed by atoms with Crippen LogP contribution < -0.4 is 11.5 Å². The molecule has 1 aliphatic carbocycles. The highest BCUT2D eigenvalue weighted by molar-refractivity contribution is 5.94. The highest BCUT2D eigenvalue weighted by Crippen LogP contribution is 2.35. The molecular weight excluding hydrogens is 226 g/mol. The summed E-state index contributed by atoms with van der Waals surface area (Å²) in [6, 6.07) is -0.368. The van der Waals surface area contributed by atoms with Crippen LogP contribution in [0.4, 0.5) is 5.82 Å². The van der Waals surface area contributed by atoms with Crippen molar-refractivity contribution < 1.29 is 15.0 Å². The molecule has 3 atom stereocenters. The summed E-state index contributed by atoms with van der Waals surface area (Å²) in [7, 11) is 0. The van der Waals surface area contributed by atoms with Gasteiger partial charge in [-0.2, -0.15) is 0 Å². The molecule has 0 radical (unpaired) electrons. The predicted molar refractivity (Wildman–Crippen MR) is 57.8 cm³/mol. The van der Waals surface area contributed by atoms with Crippen LogP contribution in [-0.2, 0) is 0 Å². The van der Waals surface area contributed by atoms with E-state index in [9.17, 15) is 9.90 Å². The third-order valence-electron chi connectivity index (χ3n) is 3.13. The molecule has 1 heterocycles. The second-order valence-electron chi connectivity index (χ2n) is 4.29. The number of anilines is 1. The monoisotopic (exact) mass is 241 g/mol. The van der Waals surface area contributed by atoms with E-state index < -0.39 is 12.0 Å². The first-order valence-corrected chi connectivity index (χ1v) is 5.34. The normalized spacial score (nSPS) is 28.5. The Balaban J connectivity index is 2.26. The van der Waals surface area contributed by atoms with E-state index >= 15 is 0 Å². The number of aromatic nitrogens is 3. The molecule has 94 valence electrons. The fourth-order valence-corrected chi connectivity index (χ4v) is 2.23. The molecule has 0 spiro atoms. The number of primary amides is 1. The van der Waals surface area contributed by atoms with Crippen molar-refractivity contribution in [3.8, 4) is 0 Å². The quantitative estimate of drug-likeness (QED) is 0.495. The lowest BCUT2D eigenvalue weighted by Crippen LogP contribution is -2.22. The van der Waals surface area contributed by atoms with Crippen LogP contribution in [0.1, 0.15) is 29.4 Å². The predicted octanol–water partition coefficient (Wildman–Crippen LogP) is -1.74. The molecule has 2 rings (SSSR count). The van der Waals surface area contributed by atoms with E-state index in [-0.39, 0.29) is 30.1 Å². The number of aliphatic hydroxyl groups is 2. The van der Waals surface area contributed by atoms with Crippen molar-refractivity contribution in [3.05, 3.63) is 5.69 Å². The standard InChI is InChI=1S/C9H15N5O3/c10-8-7(9(11)17)12-13-14(8)5-1-4(3-15)2-6(5)16/h4-6,15-16H,1-3,10H2,(H2,11,17). The molecule has 6 N–H and O–H groups in total. The van der Waals surface area contributed by atoms with Crippen LogP contribution in [0, 0.1) is 5.92 Å². The summed E-state index contributed by atoms with van der Waals surface area (Å²) in [6.45, 7) is 0.00480. The zero-order chi connectivity index (χ0) is 12.6. The average molecular weight is 241 g/mol. The fraction of sp³-hybridized carbons (Fsp3) is 0.667.